The number of nitrogens with zero attached hydrogens (tertiary/aromatic N) is 5. The predicted octanol–water partition coefficient (Wildman–Crippen LogP) is 3.47. The number of hydrogen-bond donors (Lipinski definition) is 3. The number of aryl methyl sites for hydroxylation is 1. The molecule has 8 nitrogen and oxygen atoms in total. The van der Waals surface area contributed by atoms with Crippen molar-refractivity contribution >= 4 is 23.7 Å². The van der Waals surface area contributed by atoms with E-state index in [1.54, 1.807) is 19.1 Å². The zero-order chi connectivity index (χ0) is 20.8. The van der Waals surface area contributed by atoms with Crippen LogP contribution in [0.2, 0.25) is 0 Å². The Balaban J connectivity index is 1.79. The van der Waals surface area contributed by atoms with Gasteiger partial charge in [0.15, 0.2) is 0 Å². The fourth-order valence-corrected chi connectivity index (χ4v) is 2.66. The Morgan fingerprint density at radius 2 is 2.14 bits per heavy atom. The highest BCUT2D eigenvalue weighted by Gasteiger charge is 2.12. The molecule has 0 fully saturated rings. The molecule has 3 aromatic rings. The van der Waals surface area contributed by atoms with Crippen molar-refractivity contribution in [3.05, 3.63) is 59.0 Å². The van der Waals surface area contributed by atoms with Crippen molar-refractivity contribution in [2.75, 3.05) is 10.6 Å². The molecule has 0 aliphatic rings. The monoisotopic (exact) mass is 396 g/mol. The van der Waals surface area contributed by atoms with Gasteiger partial charge in [-0.15, -0.1) is 0 Å². The first kappa shape index (κ1) is 19.9. The normalized spacial score (nSPS) is 10.6. The smallest absolute Gasteiger partial charge is 0.257 e. The summed E-state index contributed by atoms with van der Waals surface area (Å²) < 4.78 is 26.3. The number of aromatic nitrogens is 4. The van der Waals surface area contributed by atoms with Crippen molar-refractivity contribution in [1.82, 2.24) is 19.7 Å². The summed E-state index contributed by atoms with van der Waals surface area (Å²) in [4.78, 5) is 8.52. The van der Waals surface area contributed by atoms with Gasteiger partial charge in [-0.1, -0.05) is 18.2 Å². The molecule has 10 heteroatoms. The molecule has 0 aliphatic carbocycles. The highest BCUT2D eigenvalue weighted by Crippen LogP contribution is 2.20. The van der Waals surface area contributed by atoms with E-state index in [0.29, 0.717) is 34.9 Å². The van der Waals surface area contributed by atoms with Crippen molar-refractivity contribution in [1.29, 1.82) is 10.7 Å². The number of benzene rings is 1. The highest BCUT2D eigenvalue weighted by molar-refractivity contribution is 5.84. The molecule has 0 saturated carbocycles. The van der Waals surface area contributed by atoms with Gasteiger partial charge in [-0.3, -0.25) is 4.68 Å². The van der Waals surface area contributed by atoms with Crippen LogP contribution in [-0.4, -0.2) is 32.4 Å². The summed E-state index contributed by atoms with van der Waals surface area (Å²) in [6.45, 7) is 1.53. The molecule has 1 aromatic carbocycles. The second-order valence-corrected chi connectivity index (χ2v) is 6.13. The van der Waals surface area contributed by atoms with Crippen molar-refractivity contribution in [3.63, 3.8) is 0 Å². The van der Waals surface area contributed by atoms with Gasteiger partial charge in [-0.25, -0.2) is 13.8 Å². The van der Waals surface area contributed by atoms with E-state index < -0.39 is 13.0 Å². The van der Waals surface area contributed by atoms with Crippen LogP contribution in [-0.2, 0) is 13.1 Å². The Kier molecular flexibility index (Phi) is 6.09. The second-order valence-electron chi connectivity index (χ2n) is 6.13. The van der Waals surface area contributed by atoms with E-state index in [0.717, 1.165) is 16.5 Å². The Morgan fingerprint density at radius 3 is 2.86 bits per heavy atom. The van der Waals surface area contributed by atoms with Crippen LogP contribution >= 0.6 is 0 Å². The molecule has 3 rings (SSSR count). The van der Waals surface area contributed by atoms with Crippen molar-refractivity contribution < 1.29 is 8.78 Å². The van der Waals surface area contributed by atoms with Gasteiger partial charge in [0.05, 0.1) is 28.6 Å². The third-order valence-corrected chi connectivity index (χ3v) is 4.07. The summed E-state index contributed by atoms with van der Waals surface area (Å²) >= 11 is 0. The first-order valence-electron chi connectivity index (χ1n) is 8.68. The van der Waals surface area contributed by atoms with E-state index in [-0.39, 0.29) is 5.95 Å². The molecule has 0 saturated heterocycles. The Bertz CT molecular complexity index is 1050. The van der Waals surface area contributed by atoms with E-state index in [2.05, 4.69) is 31.8 Å². The molecule has 2 heterocycles. The van der Waals surface area contributed by atoms with Crippen LogP contribution in [0.15, 0.2) is 36.7 Å². The van der Waals surface area contributed by atoms with Crippen LogP contribution < -0.4 is 10.6 Å². The lowest BCUT2D eigenvalue weighted by Gasteiger charge is -2.11. The Labute approximate surface area is 165 Å². The molecule has 29 heavy (non-hydrogen) atoms. The molecule has 0 radical (unpaired) electrons. The molecule has 0 bridgehead atoms. The molecular weight excluding hydrogens is 378 g/mol. The summed E-state index contributed by atoms with van der Waals surface area (Å²) in [7, 11) is 0. The van der Waals surface area contributed by atoms with E-state index in [1.807, 2.05) is 12.1 Å². The van der Waals surface area contributed by atoms with Crippen molar-refractivity contribution in [3.8, 4) is 6.07 Å². The molecule has 148 valence electrons. The zero-order valence-electron chi connectivity index (χ0n) is 15.5. The Morgan fingerprint density at radius 1 is 1.34 bits per heavy atom. The fourth-order valence-electron chi connectivity index (χ4n) is 2.66. The standard InChI is InChI=1S/C19H18F2N8/c1-12-16(10-29(28-12)11-17(20)21)26-19-25-9-15(7-23)18(27-19)24-8-14-5-3-2-4-13(14)6-22/h2-5,7,9-10,17,23H,8,11H2,1H3,(H2,24,25,26,27). The van der Waals surface area contributed by atoms with Gasteiger partial charge in [0, 0.05) is 25.2 Å². The van der Waals surface area contributed by atoms with Gasteiger partial charge in [0.25, 0.3) is 6.43 Å². The Hall–Kier alpha value is -3.87. The predicted molar refractivity (Wildman–Crippen MR) is 105 cm³/mol. The molecule has 0 atom stereocenters. The maximum Gasteiger partial charge on any atom is 0.257 e. The minimum Gasteiger partial charge on any atom is -0.365 e. The quantitative estimate of drug-likeness (QED) is 0.502. The maximum atomic E-state index is 12.5. The SMILES string of the molecule is Cc1nn(CC(F)F)cc1Nc1ncc(C=N)c(NCc2ccccc2C#N)n1. The van der Waals surface area contributed by atoms with E-state index in [1.165, 1.54) is 12.4 Å². The largest absolute Gasteiger partial charge is 0.365 e. The number of halogens is 2. The number of hydrogen-bond acceptors (Lipinski definition) is 7. The van der Waals surface area contributed by atoms with E-state index >= 15 is 0 Å². The molecular formula is C19H18F2N8. The highest BCUT2D eigenvalue weighted by atomic mass is 19.3. The second kappa shape index (κ2) is 8.88. The minimum atomic E-state index is -2.50. The topological polar surface area (TPSA) is 115 Å². The number of nitriles is 1. The molecule has 2 aromatic heterocycles. The van der Waals surface area contributed by atoms with Crippen LogP contribution in [0.4, 0.5) is 26.2 Å². The van der Waals surface area contributed by atoms with Gasteiger partial charge in [-0.05, 0) is 18.6 Å². The first-order chi connectivity index (χ1) is 14.0. The zero-order valence-corrected chi connectivity index (χ0v) is 15.5. The first-order valence-corrected chi connectivity index (χ1v) is 8.68. The third-order valence-electron chi connectivity index (χ3n) is 4.07. The molecule has 3 N–H and O–H groups in total. The van der Waals surface area contributed by atoms with Gasteiger partial charge >= 0.3 is 0 Å². The third kappa shape index (κ3) is 4.90. The average Bonchev–Trinajstić information content (AvgIpc) is 3.04. The molecule has 0 amide bonds. The summed E-state index contributed by atoms with van der Waals surface area (Å²) in [6, 6.07) is 9.31. The summed E-state index contributed by atoms with van der Waals surface area (Å²) in [5, 5.41) is 26.8. The van der Waals surface area contributed by atoms with Crippen LogP contribution in [0, 0.1) is 23.7 Å². The summed E-state index contributed by atoms with van der Waals surface area (Å²) in [6.07, 6.45) is 1.55. The molecule has 0 unspecified atom stereocenters. The molecule has 0 spiro atoms. The van der Waals surface area contributed by atoms with Gasteiger partial charge in [0.1, 0.15) is 12.4 Å². The van der Waals surface area contributed by atoms with Crippen LogP contribution in [0.3, 0.4) is 0 Å². The number of anilines is 3. The minimum absolute atomic E-state index is 0.228. The number of nitrogens with one attached hydrogen (secondary N) is 3. The number of alkyl halides is 2. The van der Waals surface area contributed by atoms with Crippen molar-refractivity contribution in [2.45, 2.75) is 26.4 Å². The summed E-state index contributed by atoms with van der Waals surface area (Å²) in [5.41, 5.74) is 2.85. The van der Waals surface area contributed by atoms with Crippen LogP contribution in [0.25, 0.3) is 0 Å². The lowest BCUT2D eigenvalue weighted by atomic mass is 10.1. The van der Waals surface area contributed by atoms with E-state index in [4.69, 9.17) is 5.41 Å². The van der Waals surface area contributed by atoms with Gasteiger partial charge in [0.2, 0.25) is 5.95 Å². The van der Waals surface area contributed by atoms with Crippen molar-refractivity contribution in [2.24, 2.45) is 0 Å². The van der Waals surface area contributed by atoms with Gasteiger partial charge in [-0.2, -0.15) is 15.3 Å². The number of rotatable bonds is 8. The van der Waals surface area contributed by atoms with Crippen LogP contribution in [0.5, 0.6) is 0 Å². The van der Waals surface area contributed by atoms with E-state index in [9.17, 15) is 14.0 Å². The average molecular weight is 396 g/mol. The lowest BCUT2D eigenvalue weighted by molar-refractivity contribution is 0.121. The molecule has 0 aliphatic heterocycles. The maximum absolute atomic E-state index is 12.5. The van der Waals surface area contributed by atoms with Crippen LogP contribution in [0.1, 0.15) is 22.4 Å². The van der Waals surface area contributed by atoms with Gasteiger partial charge < -0.3 is 16.0 Å². The lowest BCUT2D eigenvalue weighted by Crippen LogP contribution is -2.08. The summed E-state index contributed by atoms with van der Waals surface area (Å²) in [5.74, 6) is 0.634. The fraction of sp³-hybridized carbons (Fsp3) is 0.211.